The Bertz CT molecular complexity index is 269. The second kappa shape index (κ2) is 7.79. The largest absolute Gasteiger partial charge is 0.316 e. The van der Waals surface area contributed by atoms with Gasteiger partial charge in [0.15, 0.2) is 0 Å². The molecule has 0 amide bonds. The number of nitrogens with one attached hydrogen (secondary N) is 1. The minimum Gasteiger partial charge on any atom is -0.316 e. The lowest BCUT2D eigenvalue weighted by atomic mass is 9.73. The average molecular weight is 280 g/mol. The maximum Gasteiger partial charge on any atom is 0.0119 e. The number of hydrogen-bond donors (Lipinski definition) is 1. The SMILES string of the molecule is CCCNCC1(CN2CCCC2C(C)C)CCCCC1. The highest BCUT2D eigenvalue weighted by molar-refractivity contribution is 4.92. The predicted octanol–water partition coefficient (Wildman–Crippen LogP) is 4.06. The van der Waals surface area contributed by atoms with Crippen LogP contribution in [0.5, 0.6) is 0 Å². The summed E-state index contributed by atoms with van der Waals surface area (Å²) in [4.78, 5) is 2.84. The molecule has 118 valence electrons. The van der Waals surface area contributed by atoms with Gasteiger partial charge in [0.1, 0.15) is 0 Å². The topological polar surface area (TPSA) is 15.3 Å². The molecule has 1 N–H and O–H groups in total. The van der Waals surface area contributed by atoms with Crippen molar-refractivity contribution in [2.75, 3.05) is 26.2 Å². The Morgan fingerprint density at radius 2 is 1.90 bits per heavy atom. The third-order valence-corrected chi connectivity index (χ3v) is 5.56. The van der Waals surface area contributed by atoms with Gasteiger partial charge in [0, 0.05) is 19.1 Å². The highest BCUT2D eigenvalue weighted by Crippen LogP contribution is 2.38. The van der Waals surface area contributed by atoms with Gasteiger partial charge < -0.3 is 5.32 Å². The summed E-state index contributed by atoms with van der Waals surface area (Å²) in [5.41, 5.74) is 0.574. The first-order chi connectivity index (χ1) is 9.67. The van der Waals surface area contributed by atoms with Crippen molar-refractivity contribution >= 4 is 0 Å². The molecule has 0 aromatic carbocycles. The average Bonchev–Trinajstić information content (AvgIpc) is 2.88. The fourth-order valence-electron chi connectivity index (χ4n) is 4.46. The normalized spacial score (nSPS) is 27.3. The molecule has 1 atom stereocenters. The van der Waals surface area contributed by atoms with Gasteiger partial charge in [-0.2, -0.15) is 0 Å². The van der Waals surface area contributed by atoms with Crippen LogP contribution in [-0.4, -0.2) is 37.1 Å². The molecule has 1 aliphatic heterocycles. The Morgan fingerprint density at radius 3 is 2.55 bits per heavy atom. The van der Waals surface area contributed by atoms with E-state index in [-0.39, 0.29) is 0 Å². The molecule has 1 saturated heterocycles. The first-order valence-electron chi connectivity index (χ1n) is 9.12. The maximum absolute atomic E-state index is 3.74. The Hall–Kier alpha value is -0.0800. The molecule has 1 saturated carbocycles. The lowest BCUT2D eigenvalue weighted by Gasteiger charge is -2.43. The van der Waals surface area contributed by atoms with Crippen molar-refractivity contribution in [2.45, 2.75) is 78.2 Å². The Labute approximate surface area is 126 Å². The molecule has 0 bridgehead atoms. The maximum atomic E-state index is 3.74. The van der Waals surface area contributed by atoms with Gasteiger partial charge in [-0.15, -0.1) is 0 Å². The second-order valence-electron chi connectivity index (χ2n) is 7.66. The number of nitrogens with zero attached hydrogens (tertiary/aromatic N) is 1. The molecule has 0 radical (unpaired) electrons. The van der Waals surface area contributed by atoms with Crippen LogP contribution >= 0.6 is 0 Å². The quantitative estimate of drug-likeness (QED) is 0.708. The van der Waals surface area contributed by atoms with Crippen molar-refractivity contribution in [2.24, 2.45) is 11.3 Å². The first kappa shape index (κ1) is 16.3. The summed E-state index contributed by atoms with van der Waals surface area (Å²) >= 11 is 0. The van der Waals surface area contributed by atoms with Crippen molar-refractivity contribution < 1.29 is 0 Å². The van der Waals surface area contributed by atoms with Gasteiger partial charge in [-0.25, -0.2) is 0 Å². The zero-order chi connectivity index (χ0) is 14.4. The lowest BCUT2D eigenvalue weighted by Crippen LogP contribution is -2.48. The van der Waals surface area contributed by atoms with Crippen molar-refractivity contribution in [3.05, 3.63) is 0 Å². The van der Waals surface area contributed by atoms with Gasteiger partial charge >= 0.3 is 0 Å². The molecule has 1 heterocycles. The first-order valence-corrected chi connectivity index (χ1v) is 9.12. The zero-order valence-electron chi connectivity index (χ0n) is 14.1. The van der Waals surface area contributed by atoms with E-state index in [0.29, 0.717) is 5.41 Å². The van der Waals surface area contributed by atoms with Gasteiger partial charge in [0.25, 0.3) is 0 Å². The molecule has 20 heavy (non-hydrogen) atoms. The number of likely N-dealkylation sites (tertiary alicyclic amines) is 1. The van der Waals surface area contributed by atoms with E-state index in [4.69, 9.17) is 0 Å². The van der Waals surface area contributed by atoms with Crippen LogP contribution < -0.4 is 5.32 Å². The Morgan fingerprint density at radius 1 is 1.15 bits per heavy atom. The molecule has 0 aromatic heterocycles. The zero-order valence-corrected chi connectivity index (χ0v) is 14.1. The molecule has 2 nitrogen and oxygen atoms in total. The van der Waals surface area contributed by atoms with Crippen LogP contribution in [0.4, 0.5) is 0 Å². The molecular weight excluding hydrogens is 244 g/mol. The standard InChI is InChI=1S/C18H36N2/c1-4-12-19-14-18(10-6-5-7-11-18)15-20-13-8-9-17(20)16(2)3/h16-17,19H,4-15H2,1-3H3. The van der Waals surface area contributed by atoms with E-state index >= 15 is 0 Å². The summed E-state index contributed by atoms with van der Waals surface area (Å²) in [5.74, 6) is 0.821. The van der Waals surface area contributed by atoms with Crippen LogP contribution in [0.1, 0.15) is 72.1 Å². The summed E-state index contributed by atoms with van der Waals surface area (Å²) in [6, 6.07) is 0.847. The van der Waals surface area contributed by atoms with E-state index < -0.39 is 0 Å². The van der Waals surface area contributed by atoms with Gasteiger partial charge in [0.2, 0.25) is 0 Å². The molecule has 2 aliphatic rings. The van der Waals surface area contributed by atoms with Gasteiger partial charge in [-0.3, -0.25) is 4.90 Å². The number of rotatable bonds is 7. The van der Waals surface area contributed by atoms with Crippen LogP contribution in [0.2, 0.25) is 0 Å². The summed E-state index contributed by atoms with van der Waals surface area (Å²) in [6.07, 6.45) is 11.4. The summed E-state index contributed by atoms with van der Waals surface area (Å²) < 4.78 is 0. The molecule has 1 aliphatic carbocycles. The van der Waals surface area contributed by atoms with Crippen LogP contribution in [0.25, 0.3) is 0 Å². The van der Waals surface area contributed by atoms with E-state index in [2.05, 4.69) is 31.0 Å². The summed E-state index contributed by atoms with van der Waals surface area (Å²) in [6.45, 7) is 12.2. The van der Waals surface area contributed by atoms with Crippen molar-refractivity contribution in [3.8, 4) is 0 Å². The van der Waals surface area contributed by atoms with E-state index in [0.717, 1.165) is 12.0 Å². The third kappa shape index (κ3) is 4.21. The molecule has 2 fully saturated rings. The molecule has 0 spiro atoms. The van der Waals surface area contributed by atoms with Crippen LogP contribution in [0.3, 0.4) is 0 Å². The summed E-state index contributed by atoms with van der Waals surface area (Å²) in [7, 11) is 0. The molecular formula is C18H36N2. The molecule has 1 unspecified atom stereocenters. The van der Waals surface area contributed by atoms with Crippen molar-refractivity contribution in [3.63, 3.8) is 0 Å². The Balaban J connectivity index is 1.95. The van der Waals surface area contributed by atoms with Crippen molar-refractivity contribution in [1.82, 2.24) is 10.2 Å². The van der Waals surface area contributed by atoms with Gasteiger partial charge in [-0.1, -0.05) is 40.0 Å². The number of hydrogen-bond acceptors (Lipinski definition) is 2. The van der Waals surface area contributed by atoms with E-state index in [1.54, 1.807) is 0 Å². The molecule has 0 aromatic rings. The Kier molecular flexibility index (Phi) is 6.35. The van der Waals surface area contributed by atoms with E-state index in [1.165, 1.54) is 77.5 Å². The highest BCUT2D eigenvalue weighted by Gasteiger charge is 2.37. The minimum absolute atomic E-state index is 0.574. The van der Waals surface area contributed by atoms with Gasteiger partial charge in [0.05, 0.1) is 0 Å². The second-order valence-corrected chi connectivity index (χ2v) is 7.66. The van der Waals surface area contributed by atoms with Gasteiger partial charge in [-0.05, 0) is 56.5 Å². The third-order valence-electron chi connectivity index (χ3n) is 5.56. The van der Waals surface area contributed by atoms with E-state index in [1.807, 2.05) is 0 Å². The highest BCUT2D eigenvalue weighted by atomic mass is 15.2. The predicted molar refractivity (Wildman–Crippen MR) is 88.1 cm³/mol. The van der Waals surface area contributed by atoms with Crippen molar-refractivity contribution in [1.29, 1.82) is 0 Å². The van der Waals surface area contributed by atoms with E-state index in [9.17, 15) is 0 Å². The van der Waals surface area contributed by atoms with Crippen LogP contribution in [0.15, 0.2) is 0 Å². The van der Waals surface area contributed by atoms with Crippen LogP contribution in [-0.2, 0) is 0 Å². The monoisotopic (exact) mass is 280 g/mol. The van der Waals surface area contributed by atoms with Crippen LogP contribution in [0, 0.1) is 11.3 Å². The molecule has 2 heteroatoms. The summed E-state index contributed by atoms with van der Waals surface area (Å²) in [5, 5.41) is 3.74. The minimum atomic E-state index is 0.574. The molecule has 2 rings (SSSR count). The lowest BCUT2D eigenvalue weighted by molar-refractivity contribution is 0.0821. The fraction of sp³-hybridized carbons (Fsp3) is 1.00. The fourth-order valence-corrected chi connectivity index (χ4v) is 4.46. The smallest absolute Gasteiger partial charge is 0.0119 e.